The van der Waals surface area contributed by atoms with Crippen LogP contribution < -0.4 is 0 Å². The number of phenols is 2. The van der Waals surface area contributed by atoms with Crippen LogP contribution >= 0.6 is 0 Å². The molecule has 0 fully saturated rings. The van der Waals surface area contributed by atoms with Gasteiger partial charge in [0.25, 0.3) is 0 Å². The van der Waals surface area contributed by atoms with E-state index >= 15 is 0 Å². The van der Waals surface area contributed by atoms with Gasteiger partial charge in [-0.1, -0.05) is 18.2 Å². The summed E-state index contributed by atoms with van der Waals surface area (Å²) in [5, 5.41) is 18.7. The Balaban J connectivity index is 2.24. The highest BCUT2D eigenvalue weighted by molar-refractivity contribution is 6.00. The highest BCUT2D eigenvalue weighted by Crippen LogP contribution is 2.30. The molecule has 2 aromatic carbocycles. The van der Waals surface area contributed by atoms with E-state index in [-0.39, 0.29) is 23.3 Å². The summed E-state index contributed by atoms with van der Waals surface area (Å²) in [4.78, 5) is 12.0. The third kappa shape index (κ3) is 3.53. The van der Waals surface area contributed by atoms with Crippen LogP contribution in [0.2, 0.25) is 0 Å². The van der Waals surface area contributed by atoms with Crippen molar-refractivity contribution in [2.24, 2.45) is 0 Å². The number of halogens is 3. The van der Waals surface area contributed by atoms with Crippen LogP contribution in [0.1, 0.15) is 21.5 Å². The fourth-order valence-corrected chi connectivity index (χ4v) is 1.89. The maximum atomic E-state index is 12.6. The number of hydrogen-bond acceptors (Lipinski definition) is 3. The Labute approximate surface area is 118 Å². The molecule has 0 saturated heterocycles. The van der Waals surface area contributed by atoms with E-state index in [0.717, 1.165) is 18.2 Å². The lowest BCUT2D eigenvalue weighted by Crippen LogP contribution is -2.08. The van der Waals surface area contributed by atoms with Gasteiger partial charge in [0.1, 0.15) is 11.5 Å². The molecule has 3 nitrogen and oxygen atoms in total. The minimum absolute atomic E-state index is 0.0507. The molecule has 0 amide bonds. The predicted molar refractivity (Wildman–Crippen MR) is 69.3 cm³/mol. The molecule has 2 rings (SSSR count). The first-order valence-electron chi connectivity index (χ1n) is 5.98. The van der Waals surface area contributed by atoms with Gasteiger partial charge in [-0.3, -0.25) is 4.79 Å². The second-order valence-corrected chi connectivity index (χ2v) is 4.50. The topological polar surface area (TPSA) is 57.5 Å². The normalized spacial score (nSPS) is 11.4. The van der Waals surface area contributed by atoms with Crippen LogP contribution in [0, 0.1) is 0 Å². The first kappa shape index (κ1) is 14.9. The number of aromatic hydroxyl groups is 2. The molecule has 0 unspecified atom stereocenters. The maximum absolute atomic E-state index is 12.6. The van der Waals surface area contributed by atoms with E-state index in [2.05, 4.69) is 0 Å². The molecule has 0 heterocycles. The monoisotopic (exact) mass is 296 g/mol. The average Bonchev–Trinajstić information content (AvgIpc) is 2.37. The fraction of sp³-hybridized carbons (Fsp3) is 0.133. The minimum Gasteiger partial charge on any atom is -0.508 e. The molecule has 21 heavy (non-hydrogen) atoms. The summed E-state index contributed by atoms with van der Waals surface area (Å²) in [6.07, 6.45) is -4.75. The molecule has 0 aliphatic heterocycles. The van der Waals surface area contributed by atoms with Crippen molar-refractivity contribution in [3.8, 4) is 11.5 Å². The number of ketones is 1. The first-order valence-corrected chi connectivity index (χ1v) is 5.98. The number of Topliss-reactive ketones (excluding diaryl/α,β-unsaturated/α-hetero) is 1. The molecular weight excluding hydrogens is 285 g/mol. The third-order valence-electron chi connectivity index (χ3n) is 2.90. The summed E-state index contributed by atoms with van der Waals surface area (Å²) in [5.74, 6) is -1.15. The van der Waals surface area contributed by atoms with Gasteiger partial charge in [-0.15, -0.1) is 0 Å². The Morgan fingerprint density at radius 3 is 2.38 bits per heavy atom. The van der Waals surface area contributed by atoms with Crippen molar-refractivity contribution in [1.29, 1.82) is 0 Å². The van der Waals surface area contributed by atoms with Crippen LogP contribution in [0.15, 0.2) is 42.5 Å². The molecule has 0 aliphatic rings. The lowest BCUT2D eigenvalue weighted by Gasteiger charge is -2.09. The predicted octanol–water partition coefficient (Wildman–Crippen LogP) is 3.54. The number of benzene rings is 2. The highest BCUT2D eigenvalue weighted by atomic mass is 19.4. The number of carbonyl (C=O) groups is 1. The Hall–Kier alpha value is -2.50. The van der Waals surface area contributed by atoms with Crippen LogP contribution in [0.4, 0.5) is 13.2 Å². The van der Waals surface area contributed by atoms with Gasteiger partial charge in [0, 0.05) is 12.5 Å². The highest BCUT2D eigenvalue weighted by Gasteiger charge is 2.30. The molecule has 110 valence electrons. The Kier molecular flexibility index (Phi) is 3.88. The van der Waals surface area contributed by atoms with Crippen LogP contribution in [0.3, 0.4) is 0 Å². The second-order valence-electron chi connectivity index (χ2n) is 4.50. The second kappa shape index (κ2) is 5.47. The largest absolute Gasteiger partial charge is 0.508 e. The summed E-state index contributed by atoms with van der Waals surface area (Å²) in [7, 11) is 0. The summed E-state index contributed by atoms with van der Waals surface area (Å²) in [5.41, 5.74) is -0.685. The maximum Gasteiger partial charge on any atom is 0.416 e. The summed E-state index contributed by atoms with van der Waals surface area (Å²) < 4.78 is 37.8. The number of phenolic OH excluding ortho intramolecular Hbond substituents is 2. The fourth-order valence-electron chi connectivity index (χ4n) is 1.89. The van der Waals surface area contributed by atoms with Gasteiger partial charge in [-0.25, -0.2) is 0 Å². The zero-order valence-electron chi connectivity index (χ0n) is 10.7. The lowest BCUT2D eigenvalue weighted by atomic mass is 10.0. The van der Waals surface area contributed by atoms with E-state index in [1.165, 1.54) is 24.3 Å². The number of alkyl halides is 3. The molecular formula is C15H11F3O3. The van der Waals surface area contributed by atoms with Gasteiger partial charge >= 0.3 is 6.18 Å². The Morgan fingerprint density at radius 2 is 1.76 bits per heavy atom. The SMILES string of the molecule is O=C(Cc1cccc(C(F)(F)F)c1)c1ccc(O)cc1O. The lowest BCUT2D eigenvalue weighted by molar-refractivity contribution is -0.137. The van der Waals surface area contributed by atoms with Crippen molar-refractivity contribution in [1.82, 2.24) is 0 Å². The van der Waals surface area contributed by atoms with Crippen LogP contribution in [-0.2, 0) is 12.6 Å². The van der Waals surface area contributed by atoms with Crippen molar-refractivity contribution in [2.75, 3.05) is 0 Å². The van der Waals surface area contributed by atoms with Gasteiger partial charge in [-0.05, 0) is 23.8 Å². The molecule has 0 spiro atoms. The molecule has 6 heteroatoms. The van der Waals surface area contributed by atoms with E-state index in [0.29, 0.717) is 0 Å². The van der Waals surface area contributed by atoms with Gasteiger partial charge in [0.05, 0.1) is 11.1 Å². The molecule has 0 atom stereocenters. The van der Waals surface area contributed by atoms with E-state index in [1.807, 2.05) is 0 Å². The van der Waals surface area contributed by atoms with Crippen LogP contribution in [0.5, 0.6) is 11.5 Å². The minimum atomic E-state index is -4.47. The van der Waals surface area contributed by atoms with E-state index in [9.17, 15) is 23.1 Å². The van der Waals surface area contributed by atoms with Gasteiger partial charge in [-0.2, -0.15) is 13.2 Å². The van der Waals surface area contributed by atoms with E-state index in [4.69, 9.17) is 5.11 Å². The number of carbonyl (C=O) groups excluding carboxylic acids is 1. The van der Waals surface area contributed by atoms with Crippen LogP contribution in [-0.4, -0.2) is 16.0 Å². The summed E-state index contributed by atoms with van der Waals surface area (Å²) in [6.45, 7) is 0. The molecule has 0 aliphatic carbocycles. The molecule has 0 bridgehead atoms. The number of rotatable bonds is 3. The summed E-state index contributed by atoms with van der Waals surface area (Å²) >= 11 is 0. The van der Waals surface area contributed by atoms with Crippen molar-refractivity contribution in [2.45, 2.75) is 12.6 Å². The number of hydrogen-bond donors (Lipinski definition) is 2. The van der Waals surface area contributed by atoms with Crippen molar-refractivity contribution in [3.63, 3.8) is 0 Å². The van der Waals surface area contributed by atoms with Crippen molar-refractivity contribution in [3.05, 3.63) is 59.2 Å². The zero-order valence-corrected chi connectivity index (χ0v) is 10.7. The average molecular weight is 296 g/mol. The third-order valence-corrected chi connectivity index (χ3v) is 2.90. The summed E-state index contributed by atoms with van der Waals surface area (Å²) in [6, 6.07) is 7.90. The van der Waals surface area contributed by atoms with Gasteiger partial charge in [0.15, 0.2) is 5.78 Å². The van der Waals surface area contributed by atoms with Crippen LogP contribution in [0.25, 0.3) is 0 Å². The van der Waals surface area contributed by atoms with E-state index in [1.54, 1.807) is 0 Å². The first-order chi connectivity index (χ1) is 9.77. The smallest absolute Gasteiger partial charge is 0.416 e. The van der Waals surface area contributed by atoms with Crippen molar-refractivity contribution >= 4 is 5.78 Å². The van der Waals surface area contributed by atoms with Crippen molar-refractivity contribution < 1.29 is 28.2 Å². The van der Waals surface area contributed by atoms with Gasteiger partial charge < -0.3 is 10.2 Å². The molecule has 2 aromatic rings. The quantitative estimate of drug-likeness (QED) is 0.852. The molecule has 0 aromatic heterocycles. The Bertz CT molecular complexity index is 678. The van der Waals surface area contributed by atoms with E-state index < -0.39 is 23.3 Å². The molecule has 0 radical (unpaired) electrons. The standard InChI is InChI=1S/C15H11F3O3/c16-15(17,18)10-3-1-2-9(6-10)7-13(20)12-5-4-11(19)8-14(12)21/h1-6,8,19,21H,7H2. The molecule has 2 N–H and O–H groups in total. The molecule has 0 saturated carbocycles. The zero-order chi connectivity index (χ0) is 15.6. The van der Waals surface area contributed by atoms with Gasteiger partial charge in [0.2, 0.25) is 0 Å². The Morgan fingerprint density at radius 1 is 1.05 bits per heavy atom.